The second kappa shape index (κ2) is 7.36. The van der Waals surface area contributed by atoms with Crippen molar-refractivity contribution in [2.45, 2.75) is 6.54 Å². The molecule has 142 valence electrons. The highest BCUT2D eigenvalue weighted by Crippen LogP contribution is 2.36. The topological polar surface area (TPSA) is 74.0 Å². The smallest absolute Gasteiger partial charge is 0.247 e. The molecule has 1 N–H and O–H groups in total. The third kappa shape index (κ3) is 3.32. The minimum absolute atomic E-state index is 0.0641. The fraction of sp³-hybridized carbons (Fsp3) is 0.150. The quantitative estimate of drug-likeness (QED) is 0.558. The van der Waals surface area contributed by atoms with Crippen molar-refractivity contribution in [2.24, 2.45) is 7.05 Å². The van der Waals surface area contributed by atoms with Gasteiger partial charge < -0.3 is 10.1 Å². The molecule has 0 bridgehead atoms. The third-order valence-corrected chi connectivity index (χ3v) is 4.69. The molecule has 0 radical (unpaired) electrons. The van der Waals surface area contributed by atoms with Crippen molar-refractivity contribution in [3.63, 3.8) is 0 Å². The molecule has 2 heterocycles. The number of carbonyl (C=O) groups is 1. The van der Waals surface area contributed by atoms with E-state index >= 15 is 0 Å². The lowest BCUT2D eigenvalue weighted by molar-refractivity contribution is -0.116. The molecule has 0 fully saturated rings. The number of aryl methyl sites for hydroxylation is 1. The number of hydrogen-bond acceptors (Lipinski definition) is 4. The maximum atomic E-state index is 12.5. The van der Waals surface area contributed by atoms with Crippen molar-refractivity contribution in [2.75, 3.05) is 12.4 Å². The highest BCUT2D eigenvalue weighted by Gasteiger charge is 2.18. The largest absolute Gasteiger partial charge is 0.496 e. The fourth-order valence-electron chi connectivity index (χ4n) is 3.13. The van der Waals surface area contributed by atoms with E-state index in [1.807, 2.05) is 30.3 Å². The summed E-state index contributed by atoms with van der Waals surface area (Å²) in [6, 6.07) is 14.9. The SMILES string of the molecule is COc1ccc(Cl)cc1-c1nn(CC(=O)Nc2ccnn2C)c2ccccc12. The molecule has 8 heteroatoms. The first-order chi connectivity index (χ1) is 13.6. The van der Waals surface area contributed by atoms with Crippen molar-refractivity contribution >= 4 is 34.2 Å². The van der Waals surface area contributed by atoms with Crippen LogP contribution in [0.1, 0.15) is 0 Å². The van der Waals surface area contributed by atoms with Crippen LogP contribution >= 0.6 is 11.6 Å². The zero-order chi connectivity index (χ0) is 19.7. The Kier molecular flexibility index (Phi) is 4.75. The summed E-state index contributed by atoms with van der Waals surface area (Å²) < 4.78 is 8.76. The summed E-state index contributed by atoms with van der Waals surface area (Å²) in [7, 11) is 3.37. The Balaban J connectivity index is 1.74. The van der Waals surface area contributed by atoms with Gasteiger partial charge in [0.25, 0.3) is 0 Å². The van der Waals surface area contributed by atoms with Crippen molar-refractivity contribution in [3.8, 4) is 17.0 Å². The van der Waals surface area contributed by atoms with Crippen molar-refractivity contribution in [1.82, 2.24) is 19.6 Å². The molecular formula is C20H18ClN5O2. The molecular weight excluding hydrogens is 378 g/mol. The van der Waals surface area contributed by atoms with Gasteiger partial charge in [0.05, 0.1) is 18.8 Å². The number of ether oxygens (including phenoxy) is 1. The number of aromatic nitrogens is 4. The van der Waals surface area contributed by atoms with Crippen molar-refractivity contribution in [3.05, 3.63) is 59.8 Å². The van der Waals surface area contributed by atoms with E-state index in [2.05, 4.69) is 10.4 Å². The molecule has 0 saturated heterocycles. The monoisotopic (exact) mass is 395 g/mol. The predicted molar refractivity (Wildman–Crippen MR) is 109 cm³/mol. The number of amides is 1. The van der Waals surface area contributed by atoms with E-state index in [4.69, 9.17) is 21.4 Å². The van der Waals surface area contributed by atoms with Gasteiger partial charge in [-0.05, 0) is 24.3 Å². The van der Waals surface area contributed by atoms with Crippen LogP contribution < -0.4 is 10.1 Å². The molecule has 1 amide bonds. The van der Waals surface area contributed by atoms with Crippen LogP contribution in [0.3, 0.4) is 0 Å². The number of nitrogens with zero attached hydrogens (tertiary/aromatic N) is 4. The Morgan fingerprint density at radius 1 is 1.21 bits per heavy atom. The van der Waals surface area contributed by atoms with Gasteiger partial charge in [-0.1, -0.05) is 29.8 Å². The molecule has 0 atom stereocenters. The number of methoxy groups -OCH3 is 1. The lowest BCUT2D eigenvalue weighted by atomic mass is 10.1. The number of anilines is 1. The molecule has 4 rings (SSSR count). The Bertz CT molecular complexity index is 1160. The van der Waals surface area contributed by atoms with E-state index < -0.39 is 0 Å². The Morgan fingerprint density at radius 3 is 2.79 bits per heavy atom. The fourth-order valence-corrected chi connectivity index (χ4v) is 3.30. The summed E-state index contributed by atoms with van der Waals surface area (Å²) in [4.78, 5) is 12.5. The summed E-state index contributed by atoms with van der Waals surface area (Å²) in [6.45, 7) is 0.0641. The number of fused-ring (bicyclic) bond motifs is 1. The summed E-state index contributed by atoms with van der Waals surface area (Å²) in [6.07, 6.45) is 1.63. The highest BCUT2D eigenvalue weighted by molar-refractivity contribution is 6.31. The normalized spacial score (nSPS) is 11.0. The molecule has 7 nitrogen and oxygen atoms in total. The maximum Gasteiger partial charge on any atom is 0.247 e. The zero-order valence-corrected chi connectivity index (χ0v) is 16.1. The van der Waals surface area contributed by atoms with Crippen LogP contribution in [-0.4, -0.2) is 32.6 Å². The second-order valence-corrected chi connectivity index (χ2v) is 6.69. The van der Waals surface area contributed by atoms with Crippen LogP contribution in [-0.2, 0) is 18.4 Å². The minimum Gasteiger partial charge on any atom is -0.496 e. The minimum atomic E-state index is -0.193. The van der Waals surface area contributed by atoms with Gasteiger partial charge in [0.2, 0.25) is 5.91 Å². The summed E-state index contributed by atoms with van der Waals surface area (Å²) >= 11 is 6.20. The van der Waals surface area contributed by atoms with Gasteiger partial charge in [0, 0.05) is 29.1 Å². The molecule has 2 aromatic heterocycles. The van der Waals surface area contributed by atoms with Crippen LogP contribution in [0.15, 0.2) is 54.7 Å². The highest BCUT2D eigenvalue weighted by atomic mass is 35.5. The lowest BCUT2D eigenvalue weighted by Gasteiger charge is -2.07. The number of nitrogens with one attached hydrogen (secondary N) is 1. The molecule has 0 aliphatic carbocycles. The molecule has 2 aromatic carbocycles. The average molecular weight is 396 g/mol. The van der Waals surface area contributed by atoms with Gasteiger partial charge >= 0.3 is 0 Å². The van der Waals surface area contributed by atoms with E-state index in [1.54, 1.807) is 47.9 Å². The molecule has 0 spiro atoms. The first-order valence-electron chi connectivity index (χ1n) is 8.64. The summed E-state index contributed by atoms with van der Waals surface area (Å²) in [5, 5.41) is 13.1. The van der Waals surface area contributed by atoms with Crippen LogP contribution in [0, 0.1) is 0 Å². The Labute approximate surface area is 166 Å². The number of carbonyl (C=O) groups excluding carboxylic acids is 1. The summed E-state index contributed by atoms with van der Waals surface area (Å²) in [5.74, 6) is 1.10. The van der Waals surface area contributed by atoms with Gasteiger partial charge in [-0.3, -0.25) is 14.2 Å². The number of benzene rings is 2. The first kappa shape index (κ1) is 18.1. The first-order valence-corrected chi connectivity index (χ1v) is 9.02. The average Bonchev–Trinajstić information content (AvgIpc) is 3.26. The standard InChI is InChI=1S/C20H18ClN5O2/c1-25-18(9-10-22-25)23-19(27)12-26-16-6-4-3-5-14(16)20(24-26)15-11-13(21)7-8-17(15)28-2/h3-11H,12H2,1-2H3,(H,23,27). The maximum absolute atomic E-state index is 12.5. The lowest BCUT2D eigenvalue weighted by Crippen LogP contribution is -2.21. The Morgan fingerprint density at radius 2 is 2.04 bits per heavy atom. The van der Waals surface area contributed by atoms with Gasteiger partial charge in [0.1, 0.15) is 23.8 Å². The van der Waals surface area contributed by atoms with E-state index in [-0.39, 0.29) is 12.5 Å². The molecule has 0 aliphatic heterocycles. The molecule has 4 aromatic rings. The number of hydrogen-bond donors (Lipinski definition) is 1. The van der Waals surface area contributed by atoms with Crippen LogP contribution in [0.25, 0.3) is 22.2 Å². The summed E-state index contributed by atoms with van der Waals surface area (Å²) in [5.41, 5.74) is 2.33. The molecule has 0 saturated carbocycles. The predicted octanol–water partition coefficient (Wildman–Crippen LogP) is 3.74. The number of para-hydroxylation sites is 1. The molecule has 0 aliphatic rings. The van der Waals surface area contributed by atoms with Gasteiger partial charge in [-0.15, -0.1) is 0 Å². The van der Waals surface area contributed by atoms with Crippen LogP contribution in [0.2, 0.25) is 5.02 Å². The zero-order valence-electron chi connectivity index (χ0n) is 15.4. The molecule has 28 heavy (non-hydrogen) atoms. The van der Waals surface area contributed by atoms with E-state index in [1.165, 1.54) is 0 Å². The van der Waals surface area contributed by atoms with Crippen molar-refractivity contribution in [1.29, 1.82) is 0 Å². The van der Waals surface area contributed by atoms with E-state index in [9.17, 15) is 4.79 Å². The van der Waals surface area contributed by atoms with Gasteiger partial charge in [0.15, 0.2) is 0 Å². The van der Waals surface area contributed by atoms with E-state index in [0.29, 0.717) is 22.3 Å². The van der Waals surface area contributed by atoms with Crippen LogP contribution in [0.4, 0.5) is 5.82 Å². The molecule has 0 unspecified atom stereocenters. The van der Waals surface area contributed by atoms with Gasteiger partial charge in [-0.2, -0.15) is 10.2 Å². The number of halogens is 1. The van der Waals surface area contributed by atoms with Gasteiger partial charge in [-0.25, -0.2) is 0 Å². The Hall–Kier alpha value is -3.32. The van der Waals surface area contributed by atoms with E-state index in [0.717, 1.165) is 16.5 Å². The van der Waals surface area contributed by atoms with Crippen molar-refractivity contribution < 1.29 is 9.53 Å². The number of rotatable bonds is 5. The third-order valence-electron chi connectivity index (χ3n) is 4.46. The van der Waals surface area contributed by atoms with Crippen LogP contribution in [0.5, 0.6) is 5.75 Å². The second-order valence-electron chi connectivity index (χ2n) is 6.26.